The molecular weight excluding hydrogens is 368 g/mol. The number of carbonyl (C=O) groups excluding carboxylic acids is 2. The number of benzene rings is 1. The first-order chi connectivity index (χ1) is 13.0. The standard InChI is InChI=1S/C18H16N4O4S/c1-25-12-4-3-11(9-13(12)26-2)16(24)22-18-14(15(19)23)21-17(27-18)10-5-7-20-8-6-10/h3-9H,1-2H3,(H2,19,23)(H,22,24). The van der Waals surface area contributed by atoms with Crippen LogP contribution in [0.2, 0.25) is 0 Å². The third-order valence-electron chi connectivity index (χ3n) is 3.66. The summed E-state index contributed by atoms with van der Waals surface area (Å²) in [5.41, 5.74) is 6.51. The first kappa shape index (κ1) is 18.3. The van der Waals surface area contributed by atoms with E-state index in [1.165, 1.54) is 14.2 Å². The summed E-state index contributed by atoms with van der Waals surface area (Å²) in [4.78, 5) is 32.5. The fourth-order valence-corrected chi connectivity index (χ4v) is 3.31. The van der Waals surface area contributed by atoms with Gasteiger partial charge in [0.2, 0.25) is 0 Å². The Labute approximate surface area is 159 Å². The average molecular weight is 384 g/mol. The van der Waals surface area contributed by atoms with Crippen molar-refractivity contribution in [1.29, 1.82) is 0 Å². The Morgan fingerprint density at radius 3 is 2.41 bits per heavy atom. The van der Waals surface area contributed by atoms with Crippen LogP contribution in [0.25, 0.3) is 10.6 Å². The van der Waals surface area contributed by atoms with Crippen molar-refractivity contribution in [2.75, 3.05) is 19.5 Å². The number of anilines is 1. The number of rotatable bonds is 6. The van der Waals surface area contributed by atoms with Gasteiger partial charge in [0, 0.05) is 23.5 Å². The number of ether oxygens (including phenoxy) is 2. The predicted molar refractivity (Wildman–Crippen MR) is 101 cm³/mol. The number of amides is 2. The van der Waals surface area contributed by atoms with Gasteiger partial charge in [-0.15, -0.1) is 0 Å². The minimum atomic E-state index is -0.728. The van der Waals surface area contributed by atoms with Crippen molar-refractivity contribution >= 4 is 28.2 Å². The lowest BCUT2D eigenvalue weighted by Gasteiger charge is -2.09. The lowest BCUT2D eigenvalue weighted by atomic mass is 10.2. The highest BCUT2D eigenvalue weighted by molar-refractivity contribution is 7.19. The Bertz CT molecular complexity index is 988. The molecule has 0 atom stereocenters. The summed E-state index contributed by atoms with van der Waals surface area (Å²) in [5.74, 6) is -0.232. The maximum Gasteiger partial charge on any atom is 0.270 e. The van der Waals surface area contributed by atoms with Crippen LogP contribution in [0.15, 0.2) is 42.7 Å². The van der Waals surface area contributed by atoms with Gasteiger partial charge in [0.1, 0.15) is 10.0 Å². The molecule has 3 N–H and O–H groups in total. The normalized spacial score (nSPS) is 10.3. The Kier molecular flexibility index (Phi) is 5.32. The van der Waals surface area contributed by atoms with E-state index in [0.717, 1.165) is 16.9 Å². The molecule has 3 rings (SSSR count). The van der Waals surface area contributed by atoms with E-state index in [1.807, 2.05) is 0 Å². The number of nitrogens with one attached hydrogen (secondary N) is 1. The van der Waals surface area contributed by atoms with E-state index in [-0.39, 0.29) is 10.7 Å². The van der Waals surface area contributed by atoms with Crippen LogP contribution in [0.5, 0.6) is 11.5 Å². The molecule has 0 unspecified atom stereocenters. The minimum absolute atomic E-state index is 0.000592. The zero-order valence-electron chi connectivity index (χ0n) is 14.6. The molecule has 9 heteroatoms. The van der Waals surface area contributed by atoms with Crippen molar-refractivity contribution in [2.45, 2.75) is 0 Å². The minimum Gasteiger partial charge on any atom is -0.493 e. The number of primary amides is 1. The van der Waals surface area contributed by atoms with E-state index < -0.39 is 11.8 Å². The quantitative estimate of drug-likeness (QED) is 0.675. The monoisotopic (exact) mass is 384 g/mol. The third-order valence-corrected chi connectivity index (χ3v) is 4.68. The van der Waals surface area contributed by atoms with Gasteiger partial charge in [-0.05, 0) is 30.3 Å². The maximum atomic E-state index is 12.6. The molecule has 8 nitrogen and oxygen atoms in total. The van der Waals surface area contributed by atoms with Crippen molar-refractivity contribution < 1.29 is 19.1 Å². The molecule has 138 valence electrons. The van der Waals surface area contributed by atoms with Crippen LogP contribution in [-0.2, 0) is 0 Å². The molecule has 27 heavy (non-hydrogen) atoms. The van der Waals surface area contributed by atoms with E-state index in [2.05, 4.69) is 15.3 Å². The molecule has 2 aromatic heterocycles. The number of pyridine rings is 1. The first-order valence-electron chi connectivity index (χ1n) is 7.78. The van der Waals surface area contributed by atoms with Gasteiger partial charge in [0.25, 0.3) is 11.8 Å². The summed E-state index contributed by atoms with van der Waals surface area (Å²) in [6.45, 7) is 0. The second-order valence-electron chi connectivity index (χ2n) is 5.32. The lowest BCUT2D eigenvalue weighted by Crippen LogP contribution is -2.17. The molecule has 0 saturated heterocycles. The molecule has 0 aliphatic rings. The SMILES string of the molecule is COc1ccc(C(=O)Nc2sc(-c3ccncc3)nc2C(N)=O)cc1OC. The van der Waals surface area contributed by atoms with Gasteiger partial charge >= 0.3 is 0 Å². The molecule has 0 aliphatic heterocycles. The lowest BCUT2D eigenvalue weighted by molar-refractivity contribution is 0.0997. The van der Waals surface area contributed by atoms with Gasteiger partial charge in [0.15, 0.2) is 17.2 Å². The van der Waals surface area contributed by atoms with E-state index >= 15 is 0 Å². The molecule has 0 fully saturated rings. The fraction of sp³-hybridized carbons (Fsp3) is 0.111. The molecule has 0 bridgehead atoms. The zero-order valence-corrected chi connectivity index (χ0v) is 15.4. The number of methoxy groups -OCH3 is 2. The average Bonchev–Trinajstić information content (AvgIpc) is 3.12. The summed E-state index contributed by atoms with van der Waals surface area (Å²) in [6.07, 6.45) is 3.23. The van der Waals surface area contributed by atoms with Gasteiger partial charge in [-0.3, -0.25) is 14.6 Å². The zero-order chi connectivity index (χ0) is 19.4. The van der Waals surface area contributed by atoms with Crippen molar-refractivity contribution in [1.82, 2.24) is 9.97 Å². The number of hydrogen-bond acceptors (Lipinski definition) is 7. The van der Waals surface area contributed by atoms with Crippen LogP contribution < -0.4 is 20.5 Å². The van der Waals surface area contributed by atoms with Crippen LogP contribution in [-0.4, -0.2) is 36.0 Å². The number of carbonyl (C=O) groups is 2. The Balaban J connectivity index is 1.92. The predicted octanol–water partition coefficient (Wildman–Crippen LogP) is 2.57. The fourth-order valence-electron chi connectivity index (χ4n) is 2.34. The van der Waals surface area contributed by atoms with Gasteiger partial charge in [-0.1, -0.05) is 11.3 Å². The number of thiazole rings is 1. The number of aromatic nitrogens is 2. The topological polar surface area (TPSA) is 116 Å². The van der Waals surface area contributed by atoms with E-state index in [4.69, 9.17) is 15.2 Å². The van der Waals surface area contributed by atoms with Gasteiger partial charge in [0.05, 0.1) is 14.2 Å². The first-order valence-corrected chi connectivity index (χ1v) is 8.59. The van der Waals surface area contributed by atoms with Crippen LogP contribution in [0, 0.1) is 0 Å². The van der Waals surface area contributed by atoms with Crippen molar-refractivity contribution in [3.63, 3.8) is 0 Å². The van der Waals surface area contributed by atoms with E-state index in [0.29, 0.717) is 22.1 Å². The molecule has 2 heterocycles. The number of hydrogen-bond donors (Lipinski definition) is 2. The summed E-state index contributed by atoms with van der Waals surface area (Å²) < 4.78 is 10.4. The molecule has 0 radical (unpaired) electrons. The smallest absolute Gasteiger partial charge is 0.270 e. The van der Waals surface area contributed by atoms with Crippen LogP contribution in [0.3, 0.4) is 0 Å². The summed E-state index contributed by atoms with van der Waals surface area (Å²) in [5, 5.41) is 3.51. The van der Waals surface area contributed by atoms with Crippen LogP contribution in [0.1, 0.15) is 20.8 Å². The van der Waals surface area contributed by atoms with Crippen LogP contribution >= 0.6 is 11.3 Å². The molecule has 2 amide bonds. The Morgan fingerprint density at radius 1 is 1.07 bits per heavy atom. The number of nitrogens with two attached hydrogens (primary N) is 1. The molecular formula is C18H16N4O4S. The van der Waals surface area contributed by atoms with Gasteiger partial charge in [-0.25, -0.2) is 4.98 Å². The highest BCUT2D eigenvalue weighted by atomic mass is 32.1. The largest absolute Gasteiger partial charge is 0.493 e. The van der Waals surface area contributed by atoms with Gasteiger partial charge in [-0.2, -0.15) is 0 Å². The molecule has 3 aromatic rings. The molecule has 1 aromatic carbocycles. The second kappa shape index (κ2) is 7.83. The maximum absolute atomic E-state index is 12.6. The van der Waals surface area contributed by atoms with Gasteiger partial charge < -0.3 is 20.5 Å². The Morgan fingerprint density at radius 2 is 1.78 bits per heavy atom. The highest BCUT2D eigenvalue weighted by Crippen LogP contribution is 2.33. The van der Waals surface area contributed by atoms with Crippen molar-refractivity contribution in [2.24, 2.45) is 5.73 Å². The van der Waals surface area contributed by atoms with Crippen molar-refractivity contribution in [3.8, 4) is 22.1 Å². The van der Waals surface area contributed by atoms with E-state index in [9.17, 15) is 9.59 Å². The molecule has 0 aliphatic carbocycles. The number of nitrogens with zero attached hydrogens (tertiary/aromatic N) is 2. The van der Waals surface area contributed by atoms with Crippen molar-refractivity contribution in [3.05, 3.63) is 54.0 Å². The molecule has 0 spiro atoms. The van der Waals surface area contributed by atoms with Crippen LogP contribution in [0.4, 0.5) is 5.00 Å². The highest BCUT2D eigenvalue weighted by Gasteiger charge is 2.20. The summed E-state index contributed by atoms with van der Waals surface area (Å²) in [6, 6.07) is 8.26. The Hall–Kier alpha value is -3.46. The van der Waals surface area contributed by atoms with E-state index in [1.54, 1.807) is 42.7 Å². The second-order valence-corrected chi connectivity index (χ2v) is 6.32. The third kappa shape index (κ3) is 3.87. The molecule has 0 saturated carbocycles. The summed E-state index contributed by atoms with van der Waals surface area (Å²) >= 11 is 1.15. The summed E-state index contributed by atoms with van der Waals surface area (Å²) in [7, 11) is 2.99.